The van der Waals surface area contributed by atoms with Crippen molar-refractivity contribution >= 4 is 40.6 Å². The van der Waals surface area contributed by atoms with E-state index in [9.17, 15) is 9.59 Å². The fraction of sp³-hybridized carbons (Fsp3) is 0.227. The minimum atomic E-state index is -0.366. The SMILES string of the molecule is Cc1ccc(N2C(=O)/C(=C\c3ccc4c(c3)OCO4)N=C2S[C@@H]2CCOC2=O)cc1. The van der Waals surface area contributed by atoms with Crippen molar-refractivity contribution in [3.05, 3.63) is 59.3 Å². The summed E-state index contributed by atoms with van der Waals surface area (Å²) in [7, 11) is 0. The Kier molecular flexibility index (Phi) is 4.71. The number of aryl methyl sites for hydroxylation is 1. The first-order valence-electron chi connectivity index (χ1n) is 9.53. The van der Waals surface area contributed by atoms with Crippen molar-refractivity contribution in [1.29, 1.82) is 0 Å². The summed E-state index contributed by atoms with van der Waals surface area (Å²) in [6.07, 6.45) is 2.31. The van der Waals surface area contributed by atoms with E-state index in [-0.39, 0.29) is 23.9 Å². The summed E-state index contributed by atoms with van der Waals surface area (Å²) in [4.78, 5) is 31.3. The van der Waals surface area contributed by atoms with Gasteiger partial charge in [-0.15, -0.1) is 0 Å². The molecule has 0 unspecified atom stereocenters. The lowest BCUT2D eigenvalue weighted by molar-refractivity contribution is -0.137. The van der Waals surface area contributed by atoms with Crippen molar-refractivity contribution < 1.29 is 23.8 Å². The molecule has 0 radical (unpaired) electrons. The quantitative estimate of drug-likeness (QED) is 0.556. The smallest absolute Gasteiger partial charge is 0.319 e. The van der Waals surface area contributed by atoms with E-state index in [1.807, 2.05) is 43.3 Å². The van der Waals surface area contributed by atoms with Gasteiger partial charge in [-0.1, -0.05) is 35.5 Å². The van der Waals surface area contributed by atoms with Crippen molar-refractivity contribution in [3.63, 3.8) is 0 Å². The number of carbonyl (C=O) groups is 2. The van der Waals surface area contributed by atoms with Crippen LogP contribution in [0.3, 0.4) is 0 Å². The van der Waals surface area contributed by atoms with Crippen LogP contribution in [0.5, 0.6) is 11.5 Å². The Labute approximate surface area is 177 Å². The van der Waals surface area contributed by atoms with E-state index in [0.717, 1.165) is 11.1 Å². The zero-order chi connectivity index (χ0) is 20.7. The molecule has 7 nitrogen and oxygen atoms in total. The molecule has 0 spiro atoms. The molecule has 3 aliphatic heterocycles. The fourth-order valence-corrected chi connectivity index (χ4v) is 4.45. The highest BCUT2D eigenvalue weighted by Crippen LogP contribution is 2.36. The van der Waals surface area contributed by atoms with Gasteiger partial charge < -0.3 is 14.2 Å². The molecular formula is C22H18N2O5S. The fourth-order valence-electron chi connectivity index (χ4n) is 3.37. The number of nitrogens with zero attached hydrogens (tertiary/aromatic N) is 2. The van der Waals surface area contributed by atoms with Crippen LogP contribution < -0.4 is 14.4 Å². The predicted molar refractivity (Wildman–Crippen MR) is 114 cm³/mol. The second-order valence-electron chi connectivity index (χ2n) is 7.08. The maximum absolute atomic E-state index is 13.3. The lowest BCUT2D eigenvalue weighted by Crippen LogP contribution is -2.32. The number of carbonyl (C=O) groups excluding carboxylic acids is 2. The van der Waals surface area contributed by atoms with Crippen LogP contribution in [-0.4, -0.2) is 35.7 Å². The first-order chi connectivity index (χ1) is 14.6. The number of hydrogen-bond acceptors (Lipinski definition) is 7. The molecule has 1 amide bonds. The van der Waals surface area contributed by atoms with Gasteiger partial charge in [0, 0.05) is 6.42 Å². The Balaban J connectivity index is 1.50. The summed E-state index contributed by atoms with van der Waals surface area (Å²) in [6, 6.07) is 13.1. The summed E-state index contributed by atoms with van der Waals surface area (Å²) >= 11 is 1.26. The highest BCUT2D eigenvalue weighted by molar-refractivity contribution is 8.15. The number of thioether (sulfide) groups is 1. The van der Waals surface area contributed by atoms with Gasteiger partial charge in [-0.3, -0.25) is 14.5 Å². The first-order valence-corrected chi connectivity index (χ1v) is 10.4. The maximum atomic E-state index is 13.3. The average Bonchev–Trinajstić information content (AvgIpc) is 3.44. The van der Waals surface area contributed by atoms with Gasteiger partial charge in [0.2, 0.25) is 6.79 Å². The zero-order valence-electron chi connectivity index (χ0n) is 16.2. The molecule has 1 atom stereocenters. The number of amides is 1. The molecule has 3 aliphatic rings. The largest absolute Gasteiger partial charge is 0.465 e. The van der Waals surface area contributed by atoms with Gasteiger partial charge in [0.1, 0.15) is 10.9 Å². The maximum Gasteiger partial charge on any atom is 0.319 e. The third kappa shape index (κ3) is 3.43. The van der Waals surface area contributed by atoms with Gasteiger partial charge in [0.15, 0.2) is 16.7 Å². The Hall–Kier alpha value is -3.26. The van der Waals surface area contributed by atoms with Gasteiger partial charge in [-0.2, -0.15) is 0 Å². The molecule has 0 aliphatic carbocycles. The first kappa shape index (κ1) is 18.7. The normalized spacial score (nSPS) is 21.4. The summed E-state index contributed by atoms with van der Waals surface area (Å²) in [5.41, 5.74) is 2.87. The molecule has 152 valence electrons. The van der Waals surface area contributed by atoms with E-state index in [0.29, 0.717) is 41.1 Å². The van der Waals surface area contributed by atoms with Crippen LogP contribution in [0, 0.1) is 6.92 Å². The Morgan fingerprint density at radius 2 is 1.87 bits per heavy atom. The van der Waals surface area contributed by atoms with E-state index in [2.05, 4.69) is 4.99 Å². The van der Waals surface area contributed by atoms with Crippen LogP contribution in [0.15, 0.2) is 53.2 Å². The molecule has 2 aromatic rings. The summed E-state index contributed by atoms with van der Waals surface area (Å²) in [5, 5.41) is 0.106. The van der Waals surface area contributed by atoms with E-state index < -0.39 is 0 Å². The van der Waals surface area contributed by atoms with Crippen LogP contribution in [-0.2, 0) is 14.3 Å². The Morgan fingerprint density at radius 1 is 1.07 bits per heavy atom. The molecule has 0 saturated carbocycles. The third-order valence-corrected chi connectivity index (χ3v) is 6.15. The molecule has 0 aromatic heterocycles. The Morgan fingerprint density at radius 3 is 2.63 bits per heavy atom. The van der Waals surface area contributed by atoms with Gasteiger partial charge >= 0.3 is 5.97 Å². The highest BCUT2D eigenvalue weighted by Gasteiger charge is 2.37. The number of hydrogen-bond donors (Lipinski definition) is 0. The molecule has 0 N–H and O–H groups in total. The molecular weight excluding hydrogens is 404 g/mol. The topological polar surface area (TPSA) is 77.4 Å². The van der Waals surface area contributed by atoms with Gasteiger partial charge in [0.25, 0.3) is 5.91 Å². The van der Waals surface area contributed by atoms with Crippen molar-refractivity contribution in [2.45, 2.75) is 18.6 Å². The summed E-state index contributed by atoms with van der Waals surface area (Å²) in [5.74, 6) is 0.797. The number of fused-ring (bicyclic) bond motifs is 1. The van der Waals surface area contributed by atoms with E-state index in [1.165, 1.54) is 11.8 Å². The van der Waals surface area contributed by atoms with E-state index in [1.54, 1.807) is 17.0 Å². The molecule has 0 bridgehead atoms. The number of cyclic esters (lactones) is 1. The molecule has 30 heavy (non-hydrogen) atoms. The number of anilines is 1. The van der Waals surface area contributed by atoms with Crippen LogP contribution in [0.4, 0.5) is 5.69 Å². The number of esters is 1. The number of rotatable bonds is 3. The molecule has 8 heteroatoms. The second-order valence-corrected chi connectivity index (χ2v) is 8.25. The Bertz CT molecular complexity index is 1090. The standard InChI is InChI=1S/C22H18N2O5S/c1-13-2-5-15(6-3-13)24-20(25)16(23-22(24)30-19-8-9-27-21(19)26)10-14-4-7-17-18(11-14)29-12-28-17/h2-7,10-11,19H,8-9,12H2,1H3/b16-10+/t19-/m1/s1. The highest BCUT2D eigenvalue weighted by atomic mass is 32.2. The monoisotopic (exact) mass is 422 g/mol. The van der Waals surface area contributed by atoms with Crippen molar-refractivity contribution in [2.24, 2.45) is 4.99 Å². The molecule has 3 heterocycles. The molecule has 5 rings (SSSR count). The van der Waals surface area contributed by atoms with Gasteiger partial charge in [-0.05, 0) is 42.8 Å². The van der Waals surface area contributed by atoms with E-state index in [4.69, 9.17) is 14.2 Å². The van der Waals surface area contributed by atoms with Crippen LogP contribution in [0.2, 0.25) is 0 Å². The van der Waals surface area contributed by atoms with Crippen LogP contribution >= 0.6 is 11.8 Å². The van der Waals surface area contributed by atoms with Crippen LogP contribution in [0.25, 0.3) is 6.08 Å². The number of aliphatic imine (C=N–C) groups is 1. The minimum Gasteiger partial charge on any atom is -0.465 e. The zero-order valence-corrected chi connectivity index (χ0v) is 17.0. The number of ether oxygens (including phenoxy) is 3. The number of amidine groups is 1. The molecule has 1 saturated heterocycles. The number of benzene rings is 2. The molecule has 1 fully saturated rings. The van der Waals surface area contributed by atoms with Crippen molar-refractivity contribution in [3.8, 4) is 11.5 Å². The van der Waals surface area contributed by atoms with E-state index >= 15 is 0 Å². The lowest BCUT2D eigenvalue weighted by atomic mass is 10.1. The van der Waals surface area contributed by atoms with Gasteiger partial charge in [-0.25, -0.2) is 4.99 Å². The van der Waals surface area contributed by atoms with Crippen molar-refractivity contribution in [2.75, 3.05) is 18.3 Å². The van der Waals surface area contributed by atoms with Gasteiger partial charge in [0.05, 0.1) is 12.3 Å². The predicted octanol–water partition coefficient (Wildman–Crippen LogP) is 3.52. The second kappa shape index (κ2) is 7.53. The molecule has 2 aromatic carbocycles. The third-order valence-electron chi connectivity index (χ3n) is 4.96. The van der Waals surface area contributed by atoms with Crippen molar-refractivity contribution in [1.82, 2.24) is 0 Å². The minimum absolute atomic E-state index is 0.186. The lowest BCUT2D eigenvalue weighted by Gasteiger charge is -2.19. The average molecular weight is 422 g/mol. The summed E-state index contributed by atoms with van der Waals surface area (Å²) in [6.45, 7) is 2.56. The summed E-state index contributed by atoms with van der Waals surface area (Å²) < 4.78 is 15.8. The van der Waals surface area contributed by atoms with Crippen LogP contribution in [0.1, 0.15) is 17.5 Å².